The van der Waals surface area contributed by atoms with Crippen molar-refractivity contribution < 1.29 is 0 Å². The zero-order valence-electron chi connectivity index (χ0n) is 9.76. The number of hydrogen-bond donors (Lipinski definition) is 1. The highest BCUT2D eigenvalue weighted by Crippen LogP contribution is 2.31. The summed E-state index contributed by atoms with van der Waals surface area (Å²) in [6.07, 6.45) is 7.72. The van der Waals surface area contributed by atoms with Crippen molar-refractivity contribution in [1.82, 2.24) is 0 Å². The molecule has 0 heterocycles. The van der Waals surface area contributed by atoms with Crippen LogP contribution in [0.3, 0.4) is 0 Å². The molecule has 82 valence electrons. The van der Waals surface area contributed by atoms with Crippen LogP contribution in [-0.2, 0) is 0 Å². The molecule has 1 aliphatic carbocycles. The molecule has 1 nitrogen and oxygen atoms in total. The van der Waals surface area contributed by atoms with Gasteiger partial charge in [-0.1, -0.05) is 25.3 Å². The fraction of sp³-hybridized carbons (Fsp3) is 0.846. The van der Waals surface area contributed by atoms with Crippen molar-refractivity contribution in [2.75, 3.05) is 0 Å². The van der Waals surface area contributed by atoms with E-state index in [1.165, 1.54) is 31.3 Å². The third-order valence-corrected chi connectivity index (χ3v) is 3.49. The number of nitrogens with two attached hydrogens (primary N) is 1. The summed E-state index contributed by atoms with van der Waals surface area (Å²) in [7, 11) is 0. The van der Waals surface area contributed by atoms with E-state index in [-0.39, 0.29) is 0 Å². The van der Waals surface area contributed by atoms with Gasteiger partial charge in [-0.15, -0.1) is 6.58 Å². The number of hydrogen-bond acceptors (Lipinski definition) is 1. The van der Waals surface area contributed by atoms with E-state index in [2.05, 4.69) is 20.4 Å². The Balaban J connectivity index is 2.28. The lowest BCUT2D eigenvalue weighted by molar-refractivity contribution is 0.240. The maximum atomic E-state index is 6.22. The summed E-state index contributed by atoms with van der Waals surface area (Å²) in [6, 6.07) is 0.412. The smallest absolute Gasteiger partial charge is 0.00703 e. The van der Waals surface area contributed by atoms with Crippen molar-refractivity contribution in [3.8, 4) is 0 Å². The SMILES string of the molecule is C=C(C)CCC(N)C1CCCC(C)C1. The Kier molecular flexibility index (Phi) is 4.67. The van der Waals surface area contributed by atoms with Gasteiger partial charge in [-0.25, -0.2) is 0 Å². The summed E-state index contributed by atoms with van der Waals surface area (Å²) < 4.78 is 0. The lowest BCUT2D eigenvalue weighted by atomic mass is 9.77. The van der Waals surface area contributed by atoms with E-state index >= 15 is 0 Å². The summed E-state index contributed by atoms with van der Waals surface area (Å²) in [5, 5.41) is 0. The molecule has 0 aromatic rings. The second-order valence-corrected chi connectivity index (χ2v) is 5.19. The largest absolute Gasteiger partial charge is 0.327 e. The molecule has 0 aliphatic heterocycles. The summed E-state index contributed by atoms with van der Waals surface area (Å²) in [4.78, 5) is 0. The third kappa shape index (κ3) is 3.83. The first-order valence-corrected chi connectivity index (χ1v) is 5.99. The molecule has 1 aliphatic rings. The molecule has 3 atom stereocenters. The fourth-order valence-electron chi connectivity index (χ4n) is 2.52. The van der Waals surface area contributed by atoms with Gasteiger partial charge >= 0.3 is 0 Å². The van der Waals surface area contributed by atoms with Crippen LogP contribution in [0.2, 0.25) is 0 Å². The van der Waals surface area contributed by atoms with Gasteiger partial charge in [-0.3, -0.25) is 0 Å². The van der Waals surface area contributed by atoms with Gasteiger partial charge in [-0.2, -0.15) is 0 Å². The zero-order valence-corrected chi connectivity index (χ0v) is 9.76. The third-order valence-electron chi connectivity index (χ3n) is 3.49. The van der Waals surface area contributed by atoms with Crippen LogP contribution in [0.15, 0.2) is 12.2 Å². The lowest BCUT2D eigenvalue weighted by Gasteiger charge is -2.31. The topological polar surface area (TPSA) is 26.0 Å². The van der Waals surface area contributed by atoms with Crippen LogP contribution >= 0.6 is 0 Å². The number of rotatable bonds is 4. The molecule has 0 saturated heterocycles. The van der Waals surface area contributed by atoms with Gasteiger partial charge in [-0.05, 0) is 44.4 Å². The Morgan fingerprint density at radius 3 is 2.79 bits per heavy atom. The van der Waals surface area contributed by atoms with Crippen molar-refractivity contribution >= 4 is 0 Å². The second-order valence-electron chi connectivity index (χ2n) is 5.19. The summed E-state index contributed by atoms with van der Waals surface area (Å²) >= 11 is 0. The van der Waals surface area contributed by atoms with Gasteiger partial charge in [0.05, 0.1) is 0 Å². The average molecular weight is 195 g/mol. The van der Waals surface area contributed by atoms with Gasteiger partial charge in [0.15, 0.2) is 0 Å². The minimum Gasteiger partial charge on any atom is -0.327 e. The normalized spacial score (nSPS) is 29.9. The highest BCUT2D eigenvalue weighted by Gasteiger charge is 2.23. The Hall–Kier alpha value is -0.300. The molecule has 1 fully saturated rings. The Morgan fingerprint density at radius 1 is 1.50 bits per heavy atom. The van der Waals surface area contributed by atoms with Gasteiger partial charge in [0.25, 0.3) is 0 Å². The van der Waals surface area contributed by atoms with Crippen LogP contribution in [0.4, 0.5) is 0 Å². The second kappa shape index (κ2) is 5.55. The molecule has 0 amide bonds. The monoisotopic (exact) mass is 195 g/mol. The van der Waals surface area contributed by atoms with E-state index in [1.54, 1.807) is 0 Å². The van der Waals surface area contributed by atoms with Crippen LogP contribution in [-0.4, -0.2) is 6.04 Å². The molecular formula is C13H25N. The standard InChI is InChI=1S/C13H25N/c1-10(2)7-8-13(14)12-6-4-5-11(3)9-12/h11-13H,1,4-9,14H2,2-3H3. The van der Waals surface area contributed by atoms with Crippen LogP contribution in [0.5, 0.6) is 0 Å². The molecule has 14 heavy (non-hydrogen) atoms. The molecule has 1 saturated carbocycles. The molecular weight excluding hydrogens is 170 g/mol. The van der Waals surface area contributed by atoms with Crippen LogP contribution in [0.1, 0.15) is 52.4 Å². The molecule has 0 spiro atoms. The Bertz CT molecular complexity index is 186. The van der Waals surface area contributed by atoms with Crippen molar-refractivity contribution in [3.05, 3.63) is 12.2 Å². The molecule has 1 heteroatoms. The van der Waals surface area contributed by atoms with Crippen LogP contribution < -0.4 is 5.73 Å². The summed E-state index contributed by atoms with van der Waals surface area (Å²) in [5.41, 5.74) is 7.49. The molecule has 2 N–H and O–H groups in total. The van der Waals surface area contributed by atoms with Crippen molar-refractivity contribution in [2.24, 2.45) is 17.6 Å². The summed E-state index contributed by atoms with van der Waals surface area (Å²) in [5.74, 6) is 1.67. The lowest BCUT2D eigenvalue weighted by Crippen LogP contribution is -2.33. The molecule has 0 aromatic carbocycles. The van der Waals surface area contributed by atoms with E-state index in [0.29, 0.717) is 6.04 Å². The maximum absolute atomic E-state index is 6.22. The molecule has 0 aromatic heterocycles. The molecule has 3 unspecified atom stereocenters. The van der Waals surface area contributed by atoms with Gasteiger partial charge in [0.1, 0.15) is 0 Å². The van der Waals surface area contributed by atoms with Crippen molar-refractivity contribution in [1.29, 1.82) is 0 Å². The zero-order chi connectivity index (χ0) is 10.6. The van der Waals surface area contributed by atoms with E-state index < -0.39 is 0 Å². The fourth-order valence-corrected chi connectivity index (χ4v) is 2.52. The first-order valence-electron chi connectivity index (χ1n) is 5.99. The van der Waals surface area contributed by atoms with E-state index in [9.17, 15) is 0 Å². The molecule has 0 bridgehead atoms. The molecule has 1 rings (SSSR count). The first kappa shape index (κ1) is 11.8. The average Bonchev–Trinajstić information content (AvgIpc) is 2.14. The maximum Gasteiger partial charge on any atom is 0.00703 e. The Morgan fingerprint density at radius 2 is 2.21 bits per heavy atom. The van der Waals surface area contributed by atoms with Crippen molar-refractivity contribution in [3.63, 3.8) is 0 Å². The van der Waals surface area contributed by atoms with Crippen LogP contribution in [0, 0.1) is 11.8 Å². The van der Waals surface area contributed by atoms with Gasteiger partial charge in [0, 0.05) is 6.04 Å². The van der Waals surface area contributed by atoms with Crippen LogP contribution in [0.25, 0.3) is 0 Å². The first-order chi connectivity index (χ1) is 6.59. The van der Waals surface area contributed by atoms with Crippen molar-refractivity contribution in [2.45, 2.75) is 58.4 Å². The van der Waals surface area contributed by atoms with E-state index in [1.807, 2.05) is 0 Å². The summed E-state index contributed by atoms with van der Waals surface area (Å²) in [6.45, 7) is 8.38. The molecule has 0 radical (unpaired) electrons. The van der Waals surface area contributed by atoms with Gasteiger partial charge < -0.3 is 5.73 Å². The minimum absolute atomic E-state index is 0.412. The quantitative estimate of drug-likeness (QED) is 0.683. The van der Waals surface area contributed by atoms with E-state index in [0.717, 1.165) is 24.7 Å². The van der Waals surface area contributed by atoms with Gasteiger partial charge in [0.2, 0.25) is 0 Å². The Labute approximate surface area is 88.8 Å². The highest BCUT2D eigenvalue weighted by molar-refractivity contribution is 4.90. The minimum atomic E-state index is 0.412. The highest BCUT2D eigenvalue weighted by atomic mass is 14.6. The number of allylic oxidation sites excluding steroid dienone is 1. The van der Waals surface area contributed by atoms with E-state index in [4.69, 9.17) is 5.73 Å². The predicted molar refractivity (Wildman–Crippen MR) is 63.1 cm³/mol. The predicted octanol–water partition coefficient (Wildman–Crippen LogP) is 3.50.